The van der Waals surface area contributed by atoms with Crippen molar-refractivity contribution in [3.63, 3.8) is 0 Å². The molecule has 0 unspecified atom stereocenters. The molecule has 2 aromatic carbocycles. The highest BCUT2D eigenvalue weighted by Crippen LogP contribution is 2.25. The minimum atomic E-state index is -0.621. The maximum absolute atomic E-state index is 13.4. The molecule has 1 atom stereocenters. The van der Waals surface area contributed by atoms with E-state index in [1.165, 1.54) is 6.42 Å². The number of hydrogen-bond donors (Lipinski definition) is 1. The van der Waals surface area contributed by atoms with Crippen LogP contribution in [0.2, 0.25) is 10.0 Å². The van der Waals surface area contributed by atoms with Crippen molar-refractivity contribution < 1.29 is 14.3 Å². The van der Waals surface area contributed by atoms with Crippen molar-refractivity contribution in [2.75, 3.05) is 6.61 Å². The molecule has 0 radical (unpaired) electrons. The van der Waals surface area contributed by atoms with Crippen molar-refractivity contribution in [3.05, 3.63) is 63.1 Å². The molecule has 5 nitrogen and oxygen atoms in total. The van der Waals surface area contributed by atoms with E-state index in [0.717, 1.165) is 42.4 Å². The van der Waals surface area contributed by atoms with E-state index in [0.29, 0.717) is 22.2 Å². The van der Waals surface area contributed by atoms with Crippen molar-refractivity contribution in [2.24, 2.45) is 0 Å². The fourth-order valence-corrected chi connectivity index (χ4v) is 4.95. The Balaban J connectivity index is 1.80. The average Bonchev–Trinajstić information content (AvgIpc) is 2.80. The molecular formula is C27H34Cl2N2O3. The lowest BCUT2D eigenvalue weighted by Crippen LogP contribution is -2.52. The molecule has 0 aromatic heterocycles. The van der Waals surface area contributed by atoms with Crippen LogP contribution in [0.1, 0.15) is 62.1 Å². The van der Waals surface area contributed by atoms with Crippen LogP contribution in [0, 0.1) is 13.8 Å². The van der Waals surface area contributed by atoms with Gasteiger partial charge < -0.3 is 15.0 Å². The standard InChI is InChI=1S/C27H34Cl2N2O3/c1-4-24(27(33)30-22-8-6-5-7-9-22)31(16-20-11-12-21(28)15-23(20)29)26(32)17-34-25-13-10-18(2)14-19(25)3/h10-15,22,24H,4-9,16-17H2,1-3H3,(H,30,33)/t24-/m1/s1. The number of ether oxygens (including phenoxy) is 1. The van der Waals surface area contributed by atoms with Crippen molar-refractivity contribution in [1.82, 2.24) is 10.2 Å². The number of nitrogens with one attached hydrogen (secondary N) is 1. The second-order valence-corrected chi connectivity index (χ2v) is 9.93. The van der Waals surface area contributed by atoms with Crippen LogP contribution >= 0.6 is 23.2 Å². The highest BCUT2D eigenvalue weighted by Gasteiger charge is 2.31. The number of hydrogen-bond acceptors (Lipinski definition) is 3. The first kappa shape index (κ1) is 26.4. The SMILES string of the molecule is CC[C@H](C(=O)NC1CCCCC1)N(Cc1ccc(Cl)cc1Cl)C(=O)COc1ccc(C)cc1C. The summed E-state index contributed by atoms with van der Waals surface area (Å²) in [6.07, 6.45) is 5.89. The largest absolute Gasteiger partial charge is 0.483 e. The summed E-state index contributed by atoms with van der Waals surface area (Å²) in [5, 5.41) is 4.16. The van der Waals surface area contributed by atoms with Gasteiger partial charge in [0, 0.05) is 22.6 Å². The van der Waals surface area contributed by atoms with Crippen LogP contribution < -0.4 is 10.1 Å². The first-order valence-electron chi connectivity index (χ1n) is 12.0. The minimum absolute atomic E-state index is 0.126. The predicted molar refractivity (Wildman–Crippen MR) is 138 cm³/mol. The van der Waals surface area contributed by atoms with E-state index < -0.39 is 6.04 Å². The molecule has 0 spiro atoms. The van der Waals surface area contributed by atoms with Gasteiger partial charge in [0.15, 0.2) is 6.61 Å². The van der Waals surface area contributed by atoms with E-state index in [4.69, 9.17) is 27.9 Å². The van der Waals surface area contributed by atoms with Crippen LogP contribution in [0.3, 0.4) is 0 Å². The zero-order chi connectivity index (χ0) is 24.7. The van der Waals surface area contributed by atoms with Crippen LogP contribution in [0.5, 0.6) is 5.75 Å². The summed E-state index contributed by atoms with van der Waals surface area (Å²) < 4.78 is 5.87. The summed E-state index contributed by atoms with van der Waals surface area (Å²) in [4.78, 5) is 28.3. The predicted octanol–water partition coefficient (Wildman–Crippen LogP) is 6.25. The van der Waals surface area contributed by atoms with E-state index in [1.54, 1.807) is 23.1 Å². The third-order valence-electron chi connectivity index (χ3n) is 6.37. The summed E-state index contributed by atoms with van der Waals surface area (Å²) in [5.74, 6) is 0.263. The van der Waals surface area contributed by atoms with Crippen LogP contribution in [0.4, 0.5) is 0 Å². The van der Waals surface area contributed by atoms with E-state index in [2.05, 4.69) is 5.32 Å². The molecule has 0 saturated heterocycles. The second-order valence-electron chi connectivity index (χ2n) is 9.08. The summed E-state index contributed by atoms with van der Waals surface area (Å²) in [7, 11) is 0. The second kappa shape index (κ2) is 12.5. The highest BCUT2D eigenvalue weighted by atomic mass is 35.5. The van der Waals surface area contributed by atoms with Crippen LogP contribution in [-0.2, 0) is 16.1 Å². The molecule has 1 fully saturated rings. The molecular weight excluding hydrogens is 471 g/mol. The Morgan fingerprint density at radius 3 is 2.47 bits per heavy atom. The van der Waals surface area contributed by atoms with Gasteiger partial charge in [0.05, 0.1) is 0 Å². The molecule has 0 bridgehead atoms. The van der Waals surface area contributed by atoms with Crippen molar-refractivity contribution >= 4 is 35.0 Å². The van der Waals surface area contributed by atoms with Crippen molar-refractivity contribution in [1.29, 1.82) is 0 Å². The van der Waals surface area contributed by atoms with Gasteiger partial charge in [-0.2, -0.15) is 0 Å². The van der Waals surface area contributed by atoms with E-state index in [-0.39, 0.29) is 31.0 Å². The van der Waals surface area contributed by atoms with Gasteiger partial charge in [-0.1, -0.05) is 73.2 Å². The van der Waals surface area contributed by atoms with E-state index in [9.17, 15) is 9.59 Å². The number of nitrogens with zero attached hydrogens (tertiary/aromatic N) is 1. The van der Waals surface area contributed by atoms with Crippen LogP contribution in [0.25, 0.3) is 0 Å². The molecule has 34 heavy (non-hydrogen) atoms. The number of carbonyl (C=O) groups excluding carboxylic acids is 2. The Morgan fingerprint density at radius 2 is 1.82 bits per heavy atom. The molecule has 184 valence electrons. The van der Waals surface area contributed by atoms with E-state index in [1.807, 2.05) is 39.0 Å². The minimum Gasteiger partial charge on any atom is -0.483 e. The summed E-state index contributed by atoms with van der Waals surface area (Å²) in [5.41, 5.74) is 2.82. The fourth-order valence-electron chi connectivity index (χ4n) is 4.48. The maximum Gasteiger partial charge on any atom is 0.261 e. The summed E-state index contributed by atoms with van der Waals surface area (Å²) in [6.45, 7) is 5.91. The van der Waals surface area contributed by atoms with Crippen LogP contribution in [-0.4, -0.2) is 35.4 Å². The first-order valence-corrected chi connectivity index (χ1v) is 12.8. The Bertz CT molecular complexity index is 1010. The lowest BCUT2D eigenvalue weighted by molar-refractivity contribution is -0.143. The molecule has 1 aliphatic carbocycles. The molecule has 7 heteroatoms. The first-order chi connectivity index (χ1) is 16.3. The summed E-state index contributed by atoms with van der Waals surface area (Å²) in [6, 6.07) is 10.5. The molecule has 1 aliphatic rings. The molecule has 2 amide bonds. The van der Waals surface area contributed by atoms with Gasteiger partial charge in [0.2, 0.25) is 5.91 Å². The number of carbonyl (C=O) groups is 2. The van der Waals surface area contributed by atoms with Gasteiger partial charge in [0.1, 0.15) is 11.8 Å². The van der Waals surface area contributed by atoms with Gasteiger partial charge in [-0.15, -0.1) is 0 Å². The normalized spacial score (nSPS) is 15.0. The quantitative estimate of drug-likeness (QED) is 0.439. The zero-order valence-electron chi connectivity index (χ0n) is 20.2. The number of rotatable bonds is 9. The fraction of sp³-hybridized carbons (Fsp3) is 0.481. The van der Waals surface area contributed by atoms with Crippen molar-refractivity contribution in [2.45, 2.75) is 77.9 Å². The summed E-state index contributed by atoms with van der Waals surface area (Å²) >= 11 is 12.5. The number of benzene rings is 2. The third-order valence-corrected chi connectivity index (χ3v) is 6.96. The smallest absolute Gasteiger partial charge is 0.261 e. The van der Waals surface area contributed by atoms with Gasteiger partial charge in [0.25, 0.3) is 5.91 Å². The van der Waals surface area contributed by atoms with E-state index >= 15 is 0 Å². The Morgan fingerprint density at radius 1 is 1.09 bits per heavy atom. The van der Waals surface area contributed by atoms with Gasteiger partial charge in [-0.05, 0) is 62.4 Å². The lowest BCUT2D eigenvalue weighted by atomic mass is 9.95. The molecule has 0 aliphatic heterocycles. The molecule has 1 saturated carbocycles. The average molecular weight is 505 g/mol. The molecule has 1 N–H and O–H groups in total. The maximum atomic E-state index is 13.4. The monoisotopic (exact) mass is 504 g/mol. The third kappa shape index (κ3) is 7.13. The Hall–Kier alpha value is -2.24. The molecule has 0 heterocycles. The lowest BCUT2D eigenvalue weighted by Gasteiger charge is -2.33. The topological polar surface area (TPSA) is 58.6 Å². The van der Waals surface area contributed by atoms with Gasteiger partial charge in [-0.25, -0.2) is 0 Å². The molecule has 3 rings (SSSR count). The van der Waals surface area contributed by atoms with Crippen LogP contribution in [0.15, 0.2) is 36.4 Å². The Kier molecular flexibility index (Phi) is 9.66. The zero-order valence-corrected chi connectivity index (χ0v) is 21.7. The number of aryl methyl sites for hydroxylation is 2. The number of halogens is 2. The Labute approximate surface area is 212 Å². The van der Waals surface area contributed by atoms with Gasteiger partial charge in [-0.3, -0.25) is 9.59 Å². The number of amides is 2. The highest BCUT2D eigenvalue weighted by molar-refractivity contribution is 6.35. The van der Waals surface area contributed by atoms with Crippen molar-refractivity contribution in [3.8, 4) is 5.75 Å². The van der Waals surface area contributed by atoms with Gasteiger partial charge >= 0.3 is 0 Å². The molecule has 2 aromatic rings.